The molecular formula is C29H37N2NaO7. The fourth-order valence-corrected chi connectivity index (χ4v) is 3.45. The summed E-state index contributed by atoms with van der Waals surface area (Å²) in [6, 6.07) is 12.6. The van der Waals surface area contributed by atoms with Gasteiger partial charge in [-0.1, -0.05) is 38.1 Å². The summed E-state index contributed by atoms with van der Waals surface area (Å²) in [6.45, 7) is 13.5. The number of amides is 2. The van der Waals surface area contributed by atoms with Crippen LogP contribution in [0.5, 0.6) is 0 Å². The Bertz CT molecular complexity index is 1100. The van der Waals surface area contributed by atoms with Crippen molar-refractivity contribution >= 4 is 23.8 Å². The van der Waals surface area contributed by atoms with Gasteiger partial charge in [-0.25, -0.2) is 9.59 Å². The zero-order valence-corrected chi connectivity index (χ0v) is 25.3. The fraction of sp³-hybridized carbons (Fsp3) is 0.310. The Morgan fingerprint density at radius 3 is 1.54 bits per heavy atom. The quantitative estimate of drug-likeness (QED) is 0.243. The number of carbonyl (C=O) groups is 4. The van der Waals surface area contributed by atoms with Crippen LogP contribution in [-0.2, 0) is 4.74 Å². The van der Waals surface area contributed by atoms with Crippen LogP contribution in [0.15, 0.2) is 73.8 Å². The van der Waals surface area contributed by atoms with Crippen LogP contribution in [0.2, 0.25) is 0 Å². The predicted octanol–water partition coefficient (Wildman–Crippen LogP) is 1.76. The van der Waals surface area contributed by atoms with E-state index >= 15 is 0 Å². The van der Waals surface area contributed by atoms with E-state index in [-0.39, 0.29) is 52.4 Å². The number of esters is 1. The van der Waals surface area contributed by atoms with Crippen molar-refractivity contribution in [2.24, 2.45) is 0 Å². The molecule has 0 aromatic heterocycles. The number of carbonyl (C=O) groups excluding carboxylic acids is 3. The van der Waals surface area contributed by atoms with E-state index in [2.05, 4.69) is 17.9 Å². The van der Waals surface area contributed by atoms with Gasteiger partial charge >= 0.3 is 41.5 Å². The summed E-state index contributed by atoms with van der Waals surface area (Å²) in [6.07, 6.45) is 5.07. The number of ether oxygens (including phenoxy) is 1. The van der Waals surface area contributed by atoms with Crippen LogP contribution in [-0.4, -0.2) is 77.4 Å². The SMILES string of the molecule is C=CCN(CCC)C(=O)c1cccc(C(=O)O)c1.C=CCN(CCC)C(=O)c1cccc(C(=O)OC)c1.[Na+].[OH-]. The first-order chi connectivity index (χ1) is 17.7. The molecule has 0 fully saturated rings. The molecule has 0 heterocycles. The van der Waals surface area contributed by atoms with Gasteiger partial charge in [-0.2, -0.15) is 0 Å². The first kappa shape index (κ1) is 37.9. The van der Waals surface area contributed by atoms with Crippen LogP contribution in [0.1, 0.15) is 68.1 Å². The summed E-state index contributed by atoms with van der Waals surface area (Å²) in [5, 5.41) is 8.90. The Morgan fingerprint density at radius 1 is 0.795 bits per heavy atom. The molecule has 0 aliphatic rings. The summed E-state index contributed by atoms with van der Waals surface area (Å²) in [5.41, 5.74) is 1.38. The molecule has 0 aliphatic heterocycles. The van der Waals surface area contributed by atoms with E-state index in [1.165, 1.54) is 19.2 Å². The third-order valence-electron chi connectivity index (χ3n) is 5.15. The van der Waals surface area contributed by atoms with Gasteiger partial charge in [0.25, 0.3) is 11.8 Å². The molecule has 2 aromatic carbocycles. The van der Waals surface area contributed by atoms with Crippen molar-refractivity contribution in [2.45, 2.75) is 26.7 Å². The van der Waals surface area contributed by atoms with E-state index in [4.69, 9.17) is 5.11 Å². The van der Waals surface area contributed by atoms with E-state index in [9.17, 15) is 19.2 Å². The van der Waals surface area contributed by atoms with Gasteiger partial charge < -0.3 is 25.1 Å². The average molecular weight is 549 g/mol. The number of rotatable bonds is 12. The topological polar surface area (TPSA) is 134 Å². The molecule has 39 heavy (non-hydrogen) atoms. The molecule has 2 amide bonds. The van der Waals surface area contributed by atoms with Gasteiger partial charge in [0, 0.05) is 37.3 Å². The van der Waals surface area contributed by atoms with Crippen LogP contribution in [0.4, 0.5) is 0 Å². The molecule has 2 rings (SSSR count). The second-order valence-electron chi connectivity index (χ2n) is 8.04. The number of hydrogen-bond acceptors (Lipinski definition) is 6. The first-order valence-corrected chi connectivity index (χ1v) is 12.1. The van der Waals surface area contributed by atoms with Crippen molar-refractivity contribution in [2.75, 3.05) is 33.3 Å². The average Bonchev–Trinajstić information content (AvgIpc) is 2.92. The second kappa shape index (κ2) is 20.7. The molecule has 0 radical (unpaired) electrons. The number of nitrogens with zero attached hydrogens (tertiary/aromatic N) is 2. The maximum atomic E-state index is 12.3. The molecular weight excluding hydrogens is 511 g/mol. The molecule has 9 nitrogen and oxygen atoms in total. The number of hydrogen-bond donors (Lipinski definition) is 1. The van der Waals surface area contributed by atoms with Gasteiger partial charge in [0.05, 0.1) is 18.2 Å². The molecule has 0 saturated carbocycles. The Labute approximate surface area is 252 Å². The maximum absolute atomic E-state index is 12.3. The van der Waals surface area contributed by atoms with Gasteiger partial charge in [0.15, 0.2) is 0 Å². The normalized spacial score (nSPS) is 9.31. The second-order valence-corrected chi connectivity index (χ2v) is 8.04. The van der Waals surface area contributed by atoms with Gasteiger partial charge in [0.1, 0.15) is 0 Å². The summed E-state index contributed by atoms with van der Waals surface area (Å²) >= 11 is 0. The van der Waals surface area contributed by atoms with Gasteiger partial charge in [0.2, 0.25) is 0 Å². The zero-order valence-electron chi connectivity index (χ0n) is 23.3. The van der Waals surface area contributed by atoms with Crippen molar-refractivity contribution in [3.63, 3.8) is 0 Å². The van der Waals surface area contributed by atoms with Crippen molar-refractivity contribution in [3.05, 3.63) is 96.1 Å². The van der Waals surface area contributed by atoms with E-state index in [0.29, 0.717) is 42.9 Å². The molecule has 0 bridgehead atoms. The molecule has 0 spiro atoms. The van der Waals surface area contributed by atoms with Gasteiger partial charge in [-0.15, -0.1) is 13.2 Å². The van der Waals surface area contributed by atoms with E-state index in [1.54, 1.807) is 58.4 Å². The number of carboxylic acid groups (broad SMARTS) is 1. The minimum absolute atomic E-state index is 0. The Kier molecular flexibility index (Phi) is 20.1. The fourth-order valence-electron chi connectivity index (χ4n) is 3.45. The third-order valence-corrected chi connectivity index (χ3v) is 5.15. The Hall–Kier alpha value is -3.24. The molecule has 0 atom stereocenters. The number of aromatic carboxylic acids is 1. The number of methoxy groups -OCH3 is 1. The van der Waals surface area contributed by atoms with Crippen molar-refractivity contribution in [3.8, 4) is 0 Å². The Morgan fingerprint density at radius 2 is 1.18 bits per heavy atom. The number of carboxylic acids is 1. The van der Waals surface area contributed by atoms with Gasteiger partial charge in [-0.3, -0.25) is 9.59 Å². The summed E-state index contributed by atoms with van der Waals surface area (Å²) in [7, 11) is 1.32. The van der Waals surface area contributed by atoms with E-state index in [1.807, 2.05) is 13.8 Å². The molecule has 0 aliphatic carbocycles. The van der Waals surface area contributed by atoms with Crippen molar-refractivity contribution in [1.29, 1.82) is 0 Å². The largest absolute Gasteiger partial charge is 1.00 e. The smallest absolute Gasteiger partial charge is 0.870 e. The molecule has 2 N–H and O–H groups in total. The van der Waals surface area contributed by atoms with Crippen molar-refractivity contribution < 1.29 is 64.1 Å². The maximum Gasteiger partial charge on any atom is 1.00 e. The minimum atomic E-state index is -1.03. The van der Waals surface area contributed by atoms with Crippen LogP contribution in [0, 0.1) is 0 Å². The van der Waals surface area contributed by atoms with Gasteiger partial charge in [-0.05, 0) is 49.2 Å². The molecule has 10 heteroatoms. The van der Waals surface area contributed by atoms with Crippen molar-refractivity contribution in [1.82, 2.24) is 9.80 Å². The molecule has 2 aromatic rings. The summed E-state index contributed by atoms with van der Waals surface area (Å²) < 4.78 is 4.65. The molecule has 0 unspecified atom stereocenters. The molecule has 0 saturated heterocycles. The Balaban J connectivity index is 0. The van der Waals surface area contributed by atoms with Crippen LogP contribution >= 0.6 is 0 Å². The van der Waals surface area contributed by atoms with E-state index < -0.39 is 11.9 Å². The summed E-state index contributed by atoms with van der Waals surface area (Å²) in [4.78, 5) is 50.1. The van der Waals surface area contributed by atoms with Crippen LogP contribution in [0.25, 0.3) is 0 Å². The standard InChI is InChI=1S/C15H19NO3.C14H17NO3.Na.H2O/c1-4-9-16(10-5-2)14(17)12-7-6-8-13(11-12)15(18)19-3;1-3-8-15(9-4-2)13(16)11-6-5-7-12(10-11)14(17)18;;/h4,6-8,11H,1,5,9-10H2,2-3H3;3,5-7,10H,1,4,8-9H2,2H3,(H,17,18);;1H2/q;;+1;/p-1. The first-order valence-electron chi connectivity index (χ1n) is 12.1. The predicted molar refractivity (Wildman–Crippen MR) is 146 cm³/mol. The molecule has 206 valence electrons. The third kappa shape index (κ3) is 12.4. The van der Waals surface area contributed by atoms with E-state index in [0.717, 1.165) is 12.8 Å². The zero-order chi connectivity index (χ0) is 27.8. The summed E-state index contributed by atoms with van der Waals surface area (Å²) in [5.74, 6) is -1.75. The monoisotopic (exact) mass is 548 g/mol. The van der Waals surface area contributed by atoms with Crippen LogP contribution in [0.3, 0.4) is 0 Å². The number of benzene rings is 2. The minimum Gasteiger partial charge on any atom is -0.870 e. The van der Waals surface area contributed by atoms with Crippen LogP contribution < -0.4 is 29.6 Å².